The van der Waals surface area contributed by atoms with Crippen LogP contribution in [0.25, 0.3) is 0 Å². The second-order valence-corrected chi connectivity index (χ2v) is 8.34. The molecule has 3 rings (SSSR count). The van der Waals surface area contributed by atoms with Crippen molar-refractivity contribution in [1.82, 2.24) is 15.2 Å². The maximum absolute atomic E-state index is 12.7. The number of benzene rings is 2. The molecule has 3 amide bonds. The first-order valence-electron chi connectivity index (χ1n) is 11.3. The molecule has 3 aromatic rings. The Kier molecular flexibility index (Phi) is 9.02. The number of carbonyl (C=O) groups excluding carboxylic acids is 2. The van der Waals surface area contributed by atoms with Crippen molar-refractivity contribution in [3.63, 3.8) is 0 Å². The number of nitrogens with two attached hydrogens (primary N) is 1. The molecule has 1 heterocycles. The lowest BCUT2D eigenvalue weighted by Gasteiger charge is -2.21. The zero-order chi connectivity index (χ0) is 25.2. The second-order valence-electron chi connectivity index (χ2n) is 8.34. The number of ether oxygens (including phenoxy) is 1. The van der Waals surface area contributed by atoms with Crippen molar-refractivity contribution in [3.05, 3.63) is 78.1 Å². The fraction of sp³-hybridized carbons (Fsp3) is 0.269. The maximum Gasteiger partial charge on any atom is 0.319 e. The van der Waals surface area contributed by atoms with Gasteiger partial charge in [0.25, 0.3) is 5.91 Å². The van der Waals surface area contributed by atoms with Crippen LogP contribution in [0.3, 0.4) is 0 Å². The predicted octanol–water partition coefficient (Wildman–Crippen LogP) is 4.13. The smallest absolute Gasteiger partial charge is 0.319 e. The largest absolute Gasteiger partial charge is 0.497 e. The average molecular weight is 477 g/mol. The van der Waals surface area contributed by atoms with E-state index in [0.717, 1.165) is 18.5 Å². The van der Waals surface area contributed by atoms with Gasteiger partial charge in [-0.1, -0.05) is 18.2 Å². The van der Waals surface area contributed by atoms with E-state index in [1.54, 1.807) is 67.9 Å². The van der Waals surface area contributed by atoms with E-state index in [4.69, 9.17) is 10.5 Å². The van der Waals surface area contributed by atoms with E-state index in [1.807, 2.05) is 20.2 Å². The van der Waals surface area contributed by atoms with Crippen LogP contribution in [0, 0.1) is 0 Å². The fourth-order valence-corrected chi connectivity index (χ4v) is 3.48. The lowest BCUT2D eigenvalue weighted by atomic mass is 10.0. The Balaban J connectivity index is 1.68. The van der Waals surface area contributed by atoms with Gasteiger partial charge in [0.05, 0.1) is 24.5 Å². The topological polar surface area (TPSA) is 122 Å². The molecule has 0 aliphatic carbocycles. The number of aromatic nitrogens is 1. The third-order valence-corrected chi connectivity index (χ3v) is 5.38. The standard InChI is InChI=1S/C26H32N6O3/c1-32(2)16-6-9-22(31-26(34)29-19-11-13-20(35-3)14-12-19)18-10-15-24(28-17-18)25(33)30-23-8-5-4-7-21(23)27/h4-5,7-8,10-15,17,22H,6,9,16,27H2,1-3H3,(H,30,33)(H2,29,31,34). The molecule has 9 heteroatoms. The highest BCUT2D eigenvalue weighted by Crippen LogP contribution is 2.21. The van der Waals surface area contributed by atoms with Gasteiger partial charge in [0.2, 0.25) is 0 Å². The first-order chi connectivity index (χ1) is 16.9. The van der Waals surface area contributed by atoms with Crippen molar-refractivity contribution in [1.29, 1.82) is 0 Å². The average Bonchev–Trinajstić information content (AvgIpc) is 2.85. The highest BCUT2D eigenvalue weighted by molar-refractivity contribution is 6.04. The number of rotatable bonds is 10. The molecule has 184 valence electrons. The summed E-state index contributed by atoms with van der Waals surface area (Å²) in [5, 5.41) is 8.63. The Bertz CT molecular complexity index is 1120. The number of hydrogen-bond donors (Lipinski definition) is 4. The molecule has 0 bridgehead atoms. The SMILES string of the molecule is COc1ccc(NC(=O)NC(CCCN(C)C)c2ccc(C(=O)Nc3ccccc3N)nc2)cc1. The van der Waals surface area contributed by atoms with Gasteiger partial charge < -0.3 is 31.3 Å². The minimum Gasteiger partial charge on any atom is -0.497 e. The molecule has 35 heavy (non-hydrogen) atoms. The van der Waals surface area contributed by atoms with Gasteiger partial charge in [0.15, 0.2) is 0 Å². The summed E-state index contributed by atoms with van der Waals surface area (Å²) in [6, 6.07) is 17.0. The Morgan fingerprint density at radius 2 is 1.77 bits per heavy atom. The van der Waals surface area contributed by atoms with Crippen LogP contribution in [-0.2, 0) is 0 Å². The summed E-state index contributed by atoms with van der Waals surface area (Å²) in [5.41, 5.74) is 8.63. The molecule has 5 N–H and O–H groups in total. The molecule has 0 aliphatic heterocycles. The number of amides is 3. The van der Waals surface area contributed by atoms with Crippen LogP contribution in [0.5, 0.6) is 5.75 Å². The molecule has 1 atom stereocenters. The molecule has 1 aromatic heterocycles. The van der Waals surface area contributed by atoms with E-state index in [0.29, 0.717) is 29.2 Å². The van der Waals surface area contributed by atoms with Gasteiger partial charge in [-0.3, -0.25) is 9.78 Å². The van der Waals surface area contributed by atoms with E-state index in [9.17, 15) is 9.59 Å². The van der Waals surface area contributed by atoms with Crippen molar-refractivity contribution in [3.8, 4) is 5.75 Å². The number of methoxy groups -OCH3 is 1. The van der Waals surface area contributed by atoms with Gasteiger partial charge in [-0.25, -0.2) is 4.79 Å². The molecule has 0 spiro atoms. The fourth-order valence-electron chi connectivity index (χ4n) is 3.48. The zero-order valence-electron chi connectivity index (χ0n) is 20.2. The van der Waals surface area contributed by atoms with Crippen molar-refractivity contribution in [2.24, 2.45) is 0 Å². The quantitative estimate of drug-likeness (QED) is 0.327. The summed E-state index contributed by atoms with van der Waals surface area (Å²) in [4.78, 5) is 31.7. The van der Waals surface area contributed by atoms with Crippen molar-refractivity contribution < 1.29 is 14.3 Å². The normalized spacial score (nSPS) is 11.5. The van der Waals surface area contributed by atoms with Crippen molar-refractivity contribution in [2.45, 2.75) is 18.9 Å². The number of nitrogens with zero attached hydrogens (tertiary/aromatic N) is 2. The van der Waals surface area contributed by atoms with Crippen molar-refractivity contribution in [2.75, 3.05) is 44.1 Å². The molecular formula is C26H32N6O3. The summed E-state index contributed by atoms with van der Waals surface area (Å²) in [6.07, 6.45) is 3.20. The van der Waals surface area contributed by atoms with Crippen LogP contribution in [0.1, 0.15) is 34.9 Å². The summed E-state index contributed by atoms with van der Waals surface area (Å²) in [7, 11) is 5.61. The number of nitrogens with one attached hydrogen (secondary N) is 3. The molecule has 0 radical (unpaired) electrons. The number of nitrogen functional groups attached to an aromatic ring is 1. The van der Waals surface area contributed by atoms with Gasteiger partial charge in [-0.15, -0.1) is 0 Å². The van der Waals surface area contributed by atoms with E-state index in [-0.39, 0.29) is 23.7 Å². The highest BCUT2D eigenvalue weighted by atomic mass is 16.5. The first-order valence-corrected chi connectivity index (χ1v) is 11.3. The molecule has 0 saturated heterocycles. The van der Waals surface area contributed by atoms with Gasteiger partial charge in [-0.05, 0) is 81.5 Å². The van der Waals surface area contributed by atoms with Crippen LogP contribution < -0.4 is 26.4 Å². The maximum atomic E-state index is 12.7. The molecule has 0 saturated carbocycles. The molecule has 0 fully saturated rings. The van der Waals surface area contributed by atoms with E-state index >= 15 is 0 Å². The second kappa shape index (κ2) is 12.4. The lowest BCUT2D eigenvalue weighted by Crippen LogP contribution is -2.33. The number of para-hydroxylation sites is 2. The van der Waals surface area contributed by atoms with E-state index in [2.05, 4.69) is 25.8 Å². The predicted molar refractivity (Wildman–Crippen MR) is 139 cm³/mol. The summed E-state index contributed by atoms with van der Waals surface area (Å²) >= 11 is 0. The first kappa shape index (κ1) is 25.5. The zero-order valence-corrected chi connectivity index (χ0v) is 20.2. The third-order valence-electron chi connectivity index (χ3n) is 5.38. The molecule has 1 unspecified atom stereocenters. The van der Waals surface area contributed by atoms with Crippen LogP contribution >= 0.6 is 0 Å². The Hall–Kier alpha value is -4.11. The highest BCUT2D eigenvalue weighted by Gasteiger charge is 2.17. The van der Waals surface area contributed by atoms with E-state index in [1.165, 1.54) is 0 Å². The lowest BCUT2D eigenvalue weighted by molar-refractivity contribution is 0.102. The molecule has 0 aliphatic rings. The van der Waals surface area contributed by atoms with Crippen molar-refractivity contribution >= 4 is 29.0 Å². The van der Waals surface area contributed by atoms with Crippen LogP contribution in [0.2, 0.25) is 0 Å². The number of carbonyl (C=O) groups is 2. The Morgan fingerprint density at radius 1 is 1.03 bits per heavy atom. The van der Waals surface area contributed by atoms with Crippen LogP contribution in [0.4, 0.5) is 21.9 Å². The number of urea groups is 1. The monoisotopic (exact) mass is 476 g/mol. The summed E-state index contributed by atoms with van der Waals surface area (Å²) in [5.74, 6) is 0.353. The van der Waals surface area contributed by atoms with Gasteiger partial charge in [0, 0.05) is 11.9 Å². The van der Waals surface area contributed by atoms with Gasteiger partial charge >= 0.3 is 6.03 Å². The van der Waals surface area contributed by atoms with Gasteiger partial charge in [0.1, 0.15) is 11.4 Å². The molecule has 9 nitrogen and oxygen atoms in total. The summed E-state index contributed by atoms with van der Waals surface area (Å²) < 4.78 is 5.15. The Labute approximate surface area is 205 Å². The minimum absolute atomic E-state index is 0.256. The number of hydrogen-bond acceptors (Lipinski definition) is 6. The number of pyridine rings is 1. The Morgan fingerprint density at radius 3 is 2.40 bits per heavy atom. The number of anilines is 3. The van der Waals surface area contributed by atoms with Crippen LogP contribution in [-0.4, -0.2) is 49.6 Å². The minimum atomic E-state index is -0.358. The van der Waals surface area contributed by atoms with Crippen LogP contribution in [0.15, 0.2) is 66.9 Å². The van der Waals surface area contributed by atoms with Gasteiger partial charge in [-0.2, -0.15) is 0 Å². The molecular weight excluding hydrogens is 444 g/mol. The molecule has 2 aromatic carbocycles. The van der Waals surface area contributed by atoms with E-state index < -0.39 is 0 Å². The summed E-state index contributed by atoms with van der Waals surface area (Å²) in [6.45, 7) is 0.880. The third kappa shape index (κ3) is 7.72.